The number of carbonyl (C=O) groups excluding carboxylic acids is 1. The van der Waals surface area contributed by atoms with Crippen LogP contribution in [-0.4, -0.2) is 5.78 Å². The number of hydrogen-bond donors (Lipinski definition) is 1. The van der Waals surface area contributed by atoms with Gasteiger partial charge in [0.2, 0.25) is 0 Å². The molecule has 2 nitrogen and oxygen atoms in total. The van der Waals surface area contributed by atoms with E-state index in [0.29, 0.717) is 6.42 Å². The molecule has 0 aliphatic heterocycles. The summed E-state index contributed by atoms with van der Waals surface area (Å²) in [6, 6.07) is 15.9. The molecule has 0 saturated carbocycles. The number of carbonyl (C=O) groups is 1. The third-order valence-corrected chi connectivity index (χ3v) is 3.89. The first-order chi connectivity index (χ1) is 10.7. The van der Waals surface area contributed by atoms with Crippen molar-refractivity contribution in [2.24, 2.45) is 0 Å². The number of nitrogens with one attached hydrogen (secondary N) is 1. The summed E-state index contributed by atoms with van der Waals surface area (Å²) in [5.41, 5.74) is 2.64. The lowest BCUT2D eigenvalue weighted by atomic mass is 9.88. The van der Waals surface area contributed by atoms with Gasteiger partial charge >= 0.3 is 0 Å². The van der Waals surface area contributed by atoms with Gasteiger partial charge in [-0.15, -0.1) is 0 Å². The lowest BCUT2D eigenvalue weighted by Crippen LogP contribution is -2.21. The lowest BCUT2D eigenvalue weighted by Gasteiger charge is -2.25. The Bertz CT molecular complexity index is 676. The first-order valence-electron chi connectivity index (χ1n) is 7.54. The van der Waals surface area contributed by atoms with Crippen LogP contribution in [0.4, 0.5) is 10.1 Å². The molecule has 0 heterocycles. The molecule has 3 heteroatoms. The highest BCUT2D eigenvalue weighted by Crippen LogP contribution is 2.31. The molecule has 0 amide bonds. The summed E-state index contributed by atoms with van der Waals surface area (Å²) in [5, 5.41) is 3.37. The predicted octanol–water partition coefficient (Wildman–Crippen LogP) is 4.66. The molecule has 0 fully saturated rings. The maximum Gasteiger partial charge on any atom is 0.160 e. The van der Waals surface area contributed by atoms with E-state index in [1.807, 2.05) is 36.4 Å². The molecular weight excluding hydrogens is 277 g/mol. The summed E-state index contributed by atoms with van der Waals surface area (Å²) in [4.78, 5) is 12.3. The number of rotatable bonds is 4. The first-order valence-corrected chi connectivity index (χ1v) is 7.54. The predicted molar refractivity (Wildman–Crippen MR) is 86.1 cm³/mol. The van der Waals surface area contributed by atoms with Crippen molar-refractivity contribution in [1.29, 1.82) is 0 Å². The SMILES string of the molecule is O=C1CCCC=C1C(Nc1ccc(F)cc1)c1ccccc1. The summed E-state index contributed by atoms with van der Waals surface area (Å²) in [7, 11) is 0. The van der Waals surface area contributed by atoms with Crippen molar-refractivity contribution in [2.45, 2.75) is 25.3 Å². The summed E-state index contributed by atoms with van der Waals surface area (Å²) in [6.07, 6.45) is 4.47. The van der Waals surface area contributed by atoms with Gasteiger partial charge in [0.15, 0.2) is 5.78 Å². The molecule has 0 radical (unpaired) electrons. The zero-order chi connectivity index (χ0) is 15.4. The normalized spacial score (nSPS) is 16.0. The average molecular weight is 295 g/mol. The minimum atomic E-state index is -0.269. The molecule has 1 N–H and O–H groups in total. The minimum absolute atomic E-state index is 0.190. The third-order valence-electron chi connectivity index (χ3n) is 3.89. The van der Waals surface area contributed by atoms with Gasteiger partial charge in [-0.25, -0.2) is 4.39 Å². The highest BCUT2D eigenvalue weighted by Gasteiger charge is 2.24. The molecule has 22 heavy (non-hydrogen) atoms. The van der Waals surface area contributed by atoms with Gasteiger partial charge in [0.1, 0.15) is 5.82 Å². The van der Waals surface area contributed by atoms with Crippen LogP contribution in [-0.2, 0) is 4.79 Å². The number of hydrogen-bond acceptors (Lipinski definition) is 2. The van der Waals surface area contributed by atoms with Crippen LogP contribution in [0.3, 0.4) is 0 Å². The Labute approximate surface area is 129 Å². The van der Waals surface area contributed by atoms with Gasteiger partial charge in [-0.1, -0.05) is 36.4 Å². The summed E-state index contributed by atoms with van der Waals surface area (Å²) in [5.74, 6) is -0.0792. The van der Waals surface area contributed by atoms with Gasteiger partial charge in [-0.05, 0) is 42.7 Å². The highest BCUT2D eigenvalue weighted by atomic mass is 19.1. The number of allylic oxidation sites excluding steroid dienone is 1. The van der Waals surface area contributed by atoms with Gasteiger partial charge in [0.05, 0.1) is 6.04 Å². The van der Waals surface area contributed by atoms with Gasteiger partial charge in [0, 0.05) is 17.7 Å². The number of anilines is 1. The van der Waals surface area contributed by atoms with Gasteiger partial charge < -0.3 is 5.32 Å². The Hall–Kier alpha value is -2.42. The van der Waals surface area contributed by atoms with E-state index in [4.69, 9.17) is 0 Å². The van der Waals surface area contributed by atoms with Crippen LogP contribution < -0.4 is 5.32 Å². The van der Waals surface area contributed by atoms with Crippen molar-refractivity contribution in [1.82, 2.24) is 0 Å². The molecule has 1 unspecified atom stereocenters. The van der Waals surface area contributed by atoms with Crippen LogP contribution >= 0.6 is 0 Å². The Kier molecular flexibility index (Phi) is 4.33. The molecule has 2 aromatic carbocycles. The molecule has 112 valence electrons. The largest absolute Gasteiger partial charge is 0.374 e. The third kappa shape index (κ3) is 3.25. The molecule has 1 aliphatic carbocycles. The van der Waals surface area contributed by atoms with Crippen LogP contribution in [0.2, 0.25) is 0 Å². The van der Waals surface area contributed by atoms with Gasteiger partial charge in [-0.2, -0.15) is 0 Å². The van der Waals surface area contributed by atoms with E-state index in [1.54, 1.807) is 12.1 Å². The lowest BCUT2D eigenvalue weighted by molar-refractivity contribution is -0.116. The Morgan fingerprint density at radius 2 is 1.73 bits per heavy atom. The quantitative estimate of drug-likeness (QED) is 0.889. The van der Waals surface area contributed by atoms with Crippen molar-refractivity contribution in [3.63, 3.8) is 0 Å². The van der Waals surface area contributed by atoms with Crippen LogP contribution in [0.1, 0.15) is 30.9 Å². The Morgan fingerprint density at radius 1 is 1.00 bits per heavy atom. The zero-order valence-corrected chi connectivity index (χ0v) is 12.3. The molecule has 1 atom stereocenters. The monoisotopic (exact) mass is 295 g/mol. The van der Waals surface area contributed by atoms with Crippen LogP contribution in [0, 0.1) is 5.82 Å². The first kappa shape index (κ1) is 14.5. The Balaban J connectivity index is 1.94. The maximum absolute atomic E-state index is 13.1. The van der Waals surface area contributed by atoms with Gasteiger partial charge in [-0.3, -0.25) is 4.79 Å². The van der Waals surface area contributed by atoms with Crippen LogP contribution in [0.15, 0.2) is 66.2 Å². The summed E-state index contributed by atoms with van der Waals surface area (Å²) in [6.45, 7) is 0. The number of ketones is 1. The fourth-order valence-corrected chi connectivity index (χ4v) is 2.76. The van der Waals surface area contributed by atoms with Crippen molar-refractivity contribution < 1.29 is 9.18 Å². The average Bonchev–Trinajstić information content (AvgIpc) is 2.56. The van der Waals surface area contributed by atoms with E-state index in [0.717, 1.165) is 29.7 Å². The second-order valence-electron chi connectivity index (χ2n) is 5.47. The molecule has 0 spiro atoms. The van der Waals surface area contributed by atoms with Crippen molar-refractivity contribution >= 4 is 11.5 Å². The maximum atomic E-state index is 13.1. The molecule has 0 saturated heterocycles. The molecular formula is C19H18FNO. The number of benzene rings is 2. The van der Waals surface area contributed by atoms with Gasteiger partial charge in [0.25, 0.3) is 0 Å². The second-order valence-corrected chi connectivity index (χ2v) is 5.47. The molecule has 3 rings (SSSR count). The van der Waals surface area contributed by atoms with Crippen molar-refractivity contribution in [2.75, 3.05) is 5.32 Å². The van der Waals surface area contributed by atoms with E-state index < -0.39 is 0 Å². The smallest absolute Gasteiger partial charge is 0.160 e. The number of halogens is 1. The van der Waals surface area contributed by atoms with E-state index in [9.17, 15) is 9.18 Å². The minimum Gasteiger partial charge on any atom is -0.374 e. The van der Waals surface area contributed by atoms with E-state index in [1.165, 1.54) is 12.1 Å². The van der Waals surface area contributed by atoms with Crippen LogP contribution in [0.25, 0.3) is 0 Å². The summed E-state index contributed by atoms with van der Waals surface area (Å²) < 4.78 is 13.1. The standard InChI is InChI=1S/C19H18FNO/c20-15-10-12-16(13-11-15)21-19(14-6-2-1-3-7-14)17-8-4-5-9-18(17)22/h1-3,6-8,10-13,19,21H,4-5,9H2. The summed E-state index contributed by atoms with van der Waals surface area (Å²) >= 11 is 0. The van der Waals surface area contributed by atoms with Crippen molar-refractivity contribution in [3.05, 3.63) is 77.6 Å². The molecule has 1 aliphatic rings. The topological polar surface area (TPSA) is 29.1 Å². The van der Waals surface area contributed by atoms with Crippen molar-refractivity contribution in [3.8, 4) is 0 Å². The van der Waals surface area contributed by atoms with Crippen LogP contribution in [0.5, 0.6) is 0 Å². The Morgan fingerprint density at radius 3 is 2.41 bits per heavy atom. The second kappa shape index (κ2) is 6.56. The zero-order valence-electron chi connectivity index (χ0n) is 12.3. The molecule has 0 bridgehead atoms. The van der Waals surface area contributed by atoms with E-state index in [-0.39, 0.29) is 17.6 Å². The fourth-order valence-electron chi connectivity index (χ4n) is 2.76. The fraction of sp³-hybridized carbons (Fsp3) is 0.211. The molecule has 0 aromatic heterocycles. The number of Topliss-reactive ketones (excluding diaryl/α,β-unsaturated/α-hetero) is 1. The molecule has 2 aromatic rings. The van der Waals surface area contributed by atoms with E-state index >= 15 is 0 Å². The highest BCUT2D eigenvalue weighted by molar-refractivity contribution is 5.98. The van der Waals surface area contributed by atoms with E-state index in [2.05, 4.69) is 5.32 Å².